The van der Waals surface area contributed by atoms with Crippen molar-refractivity contribution in [2.45, 2.75) is 39.8 Å². The van der Waals surface area contributed by atoms with Gasteiger partial charge in [-0.25, -0.2) is 0 Å². The molecule has 0 unspecified atom stereocenters. The monoisotopic (exact) mass is 224 g/mol. The standard InChI is InChI=1S/C13H24N2O/c1-4-7-15(10-13(14)11(2)3)9-12-6-5-8-16-12/h5-6,8,11,13H,4,7,9-10,14H2,1-3H3/t13-/m1/s1. The van der Waals surface area contributed by atoms with Gasteiger partial charge in [-0.2, -0.15) is 0 Å². The number of nitrogens with two attached hydrogens (primary N) is 1. The molecule has 0 bridgehead atoms. The summed E-state index contributed by atoms with van der Waals surface area (Å²) < 4.78 is 5.37. The Kier molecular flexibility index (Phi) is 5.56. The minimum absolute atomic E-state index is 0.238. The summed E-state index contributed by atoms with van der Waals surface area (Å²) in [7, 11) is 0. The van der Waals surface area contributed by atoms with Crippen LogP contribution in [0.2, 0.25) is 0 Å². The van der Waals surface area contributed by atoms with E-state index in [-0.39, 0.29) is 6.04 Å². The van der Waals surface area contributed by atoms with Crippen molar-refractivity contribution in [2.24, 2.45) is 11.7 Å². The minimum atomic E-state index is 0.238. The van der Waals surface area contributed by atoms with Crippen LogP contribution in [0.5, 0.6) is 0 Å². The summed E-state index contributed by atoms with van der Waals surface area (Å²) in [5.74, 6) is 1.54. The molecule has 1 atom stereocenters. The van der Waals surface area contributed by atoms with Crippen LogP contribution >= 0.6 is 0 Å². The van der Waals surface area contributed by atoms with Gasteiger partial charge in [0, 0.05) is 12.6 Å². The first-order valence-corrected chi connectivity index (χ1v) is 6.13. The normalized spacial score (nSPS) is 13.6. The molecule has 16 heavy (non-hydrogen) atoms. The molecule has 0 aliphatic rings. The lowest BCUT2D eigenvalue weighted by atomic mass is 10.1. The number of hydrogen-bond acceptors (Lipinski definition) is 3. The Morgan fingerprint density at radius 1 is 1.44 bits per heavy atom. The Hall–Kier alpha value is -0.800. The Labute approximate surface area is 98.6 Å². The van der Waals surface area contributed by atoms with Crippen molar-refractivity contribution in [3.8, 4) is 0 Å². The molecule has 2 N–H and O–H groups in total. The largest absolute Gasteiger partial charge is 0.468 e. The average Bonchev–Trinajstić information content (AvgIpc) is 2.70. The fraction of sp³-hybridized carbons (Fsp3) is 0.692. The third-order valence-corrected chi connectivity index (χ3v) is 2.82. The molecule has 0 fully saturated rings. The average molecular weight is 224 g/mol. The molecule has 0 saturated carbocycles. The second-order valence-corrected chi connectivity index (χ2v) is 4.72. The molecular weight excluding hydrogens is 200 g/mol. The van der Waals surface area contributed by atoms with Crippen molar-refractivity contribution in [1.29, 1.82) is 0 Å². The van der Waals surface area contributed by atoms with Gasteiger partial charge in [0.1, 0.15) is 5.76 Å². The molecule has 0 aromatic carbocycles. The number of nitrogens with zero attached hydrogens (tertiary/aromatic N) is 1. The summed E-state index contributed by atoms with van der Waals surface area (Å²) in [5.41, 5.74) is 6.10. The zero-order chi connectivity index (χ0) is 12.0. The topological polar surface area (TPSA) is 42.4 Å². The van der Waals surface area contributed by atoms with Crippen LogP contribution in [0.3, 0.4) is 0 Å². The second kappa shape index (κ2) is 6.71. The maximum absolute atomic E-state index is 6.10. The van der Waals surface area contributed by atoms with Crippen molar-refractivity contribution in [1.82, 2.24) is 4.90 Å². The van der Waals surface area contributed by atoms with Crippen LogP contribution in [-0.2, 0) is 6.54 Å². The summed E-state index contributed by atoms with van der Waals surface area (Å²) in [6, 6.07) is 4.19. The predicted molar refractivity (Wildman–Crippen MR) is 67.1 cm³/mol. The zero-order valence-corrected chi connectivity index (χ0v) is 10.6. The van der Waals surface area contributed by atoms with E-state index in [0.29, 0.717) is 5.92 Å². The first-order chi connectivity index (χ1) is 7.63. The van der Waals surface area contributed by atoms with E-state index in [2.05, 4.69) is 25.7 Å². The third-order valence-electron chi connectivity index (χ3n) is 2.82. The van der Waals surface area contributed by atoms with Crippen LogP contribution in [0.4, 0.5) is 0 Å². The van der Waals surface area contributed by atoms with Crippen LogP contribution in [0, 0.1) is 5.92 Å². The van der Waals surface area contributed by atoms with Gasteiger partial charge in [-0.3, -0.25) is 4.90 Å². The molecule has 3 heteroatoms. The van der Waals surface area contributed by atoms with E-state index < -0.39 is 0 Å². The lowest BCUT2D eigenvalue weighted by molar-refractivity contribution is 0.214. The molecule has 92 valence electrons. The van der Waals surface area contributed by atoms with E-state index in [9.17, 15) is 0 Å². The van der Waals surface area contributed by atoms with Gasteiger partial charge in [-0.1, -0.05) is 20.8 Å². The van der Waals surface area contributed by atoms with Crippen LogP contribution in [0.25, 0.3) is 0 Å². The summed E-state index contributed by atoms with van der Waals surface area (Å²) in [6.45, 7) is 9.40. The molecule has 0 radical (unpaired) electrons. The quantitative estimate of drug-likeness (QED) is 0.773. The van der Waals surface area contributed by atoms with Gasteiger partial charge in [0.25, 0.3) is 0 Å². The van der Waals surface area contributed by atoms with Crippen molar-refractivity contribution in [3.05, 3.63) is 24.2 Å². The number of rotatable bonds is 7. The van der Waals surface area contributed by atoms with E-state index >= 15 is 0 Å². The predicted octanol–water partition coefficient (Wildman–Crippen LogP) is 2.47. The third kappa shape index (κ3) is 4.37. The zero-order valence-electron chi connectivity index (χ0n) is 10.6. The molecule has 0 spiro atoms. The van der Waals surface area contributed by atoms with Crippen molar-refractivity contribution in [3.63, 3.8) is 0 Å². The van der Waals surface area contributed by atoms with E-state index in [0.717, 1.165) is 31.8 Å². The highest BCUT2D eigenvalue weighted by atomic mass is 16.3. The lowest BCUT2D eigenvalue weighted by Crippen LogP contribution is -2.40. The highest BCUT2D eigenvalue weighted by Gasteiger charge is 2.14. The highest BCUT2D eigenvalue weighted by Crippen LogP contribution is 2.08. The smallest absolute Gasteiger partial charge is 0.117 e. The molecule has 3 nitrogen and oxygen atoms in total. The van der Waals surface area contributed by atoms with Crippen LogP contribution in [0.1, 0.15) is 33.0 Å². The molecule has 0 saturated heterocycles. The Morgan fingerprint density at radius 2 is 2.19 bits per heavy atom. The molecule has 1 aromatic rings. The highest BCUT2D eigenvalue weighted by molar-refractivity contribution is 4.98. The molecule has 0 aliphatic heterocycles. The first-order valence-electron chi connectivity index (χ1n) is 6.13. The van der Waals surface area contributed by atoms with E-state index in [4.69, 9.17) is 10.2 Å². The van der Waals surface area contributed by atoms with E-state index in [1.54, 1.807) is 6.26 Å². The van der Waals surface area contributed by atoms with Crippen molar-refractivity contribution in [2.75, 3.05) is 13.1 Å². The van der Waals surface area contributed by atoms with Gasteiger partial charge < -0.3 is 10.2 Å². The fourth-order valence-electron chi connectivity index (χ4n) is 1.68. The van der Waals surface area contributed by atoms with E-state index in [1.165, 1.54) is 0 Å². The molecule has 0 amide bonds. The Morgan fingerprint density at radius 3 is 2.69 bits per heavy atom. The summed E-state index contributed by atoms with van der Waals surface area (Å²) >= 11 is 0. The minimum Gasteiger partial charge on any atom is -0.468 e. The maximum atomic E-state index is 6.10. The van der Waals surface area contributed by atoms with Gasteiger partial charge in [0.05, 0.1) is 12.8 Å². The number of furan rings is 1. The molecule has 0 aliphatic carbocycles. The lowest BCUT2D eigenvalue weighted by Gasteiger charge is -2.26. The molecule has 1 aromatic heterocycles. The molecule has 1 heterocycles. The van der Waals surface area contributed by atoms with Crippen LogP contribution in [-0.4, -0.2) is 24.0 Å². The van der Waals surface area contributed by atoms with Crippen LogP contribution < -0.4 is 5.73 Å². The summed E-state index contributed by atoms with van der Waals surface area (Å²) in [5, 5.41) is 0. The molecular formula is C13H24N2O. The SMILES string of the molecule is CCCN(Cc1ccco1)C[C@@H](N)C(C)C. The van der Waals surface area contributed by atoms with Gasteiger partial charge >= 0.3 is 0 Å². The van der Waals surface area contributed by atoms with Crippen LogP contribution in [0.15, 0.2) is 22.8 Å². The van der Waals surface area contributed by atoms with Gasteiger partial charge in [-0.05, 0) is 31.0 Å². The van der Waals surface area contributed by atoms with E-state index in [1.807, 2.05) is 12.1 Å². The van der Waals surface area contributed by atoms with Gasteiger partial charge in [-0.15, -0.1) is 0 Å². The maximum Gasteiger partial charge on any atom is 0.117 e. The second-order valence-electron chi connectivity index (χ2n) is 4.72. The molecule has 1 rings (SSSR count). The van der Waals surface area contributed by atoms with Crippen molar-refractivity contribution >= 4 is 0 Å². The number of hydrogen-bond donors (Lipinski definition) is 1. The van der Waals surface area contributed by atoms with Crippen molar-refractivity contribution < 1.29 is 4.42 Å². The first kappa shape index (κ1) is 13.3. The summed E-state index contributed by atoms with van der Waals surface area (Å²) in [4.78, 5) is 2.36. The Bertz CT molecular complexity index is 269. The fourth-order valence-corrected chi connectivity index (χ4v) is 1.68. The summed E-state index contributed by atoms with van der Waals surface area (Å²) in [6.07, 6.45) is 2.87. The van der Waals surface area contributed by atoms with Gasteiger partial charge in [0.15, 0.2) is 0 Å². The van der Waals surface area contributed by atoms with Gasteiger partial charge in [0.2, 0.25) is 0 Å². The Balaban J connectivity index is 2.47.